The van der Waals surface area contributed by atoms with Crippen molar-refractivity contribution in [3.63, 3.8) is 0 Å². The van der Waals surface area contributed by atoms with Crippen LogP contribution in [0, 0.1) is 0 Å². The van der Waals surface area contributed by atoms with Gasteiger partial charge in [-0.25, -0.2) is 0 Å². The Balaban J connectivity index is 2.52. The maximum atomic E-state index is 11.8. The molecule has 0 radical (unpaired) electrons. The Hall–Kier alpha value is -1.27. The molecule has 2 N–H and O–H groups in total. The van der Waals surface area contributed by atoms with Gasteiger partial charge in [-0.05, 0) is 12.5 Å². The first-order valence-corrected chi connectivity index (χ1v) is 5.56. The molecule has 102 valence electrons. The average Bonchev–Trinajstić information content (AvgIpc) is 2.33. The largest absolute Gasteiger partial charge is 0.467 e. The summed E-state index contributed by atoms with van der Waals surface area (Å²) in [5, 5.41) is 0. The summed E-state index contributed by atoms with van der Waals surface area (Å²) in [5.41, 5.74) is 6.63. The fourth-order valence-electron chi connectivity index (χ4n) is 1.40. The van der Waals surface area contributed by atoms with Crippen molar-refractivity contribution in [2.45, 2.75) is 25.6 Å². The lowest BCUT2D eigenvalue weighted by Crippen LogP contribution is -2.19. The van der Waals surface area contributed by atoms with Crippen LogP contribution in [0.5, 0.6) is 5.75 Å². The zero-order valence-electron chi connectivity index (χ0n) is 10.0. The Morgan fingerprint density at radius 2 is 1.94 bits per heavy atom. The van der Waals surface area contributed by atoms with E-state index in [1.165, 1.54) is 0 Å². The van der Waals surface area contributed by atoms with E-state index in [0.29, 0.717) is 12.2 Å². The summed E-state index contributed by atoms with van der Waals surface area (Å²) < 4.78 is 45.1. The van der Waals surface area contributed by atoms with Crippen LogP contribution in [0.4, 0.5) is 13.2 Å². The van der Waals surface area contributed by atoms with Gasteiger partial charge in [-0.3, -0.25) is 0 Å². The van der Waals surface area contributed by atoms with Crippen molar-refractivity contribution in [2.75, 3.05) is 13.4 Å². The Bertz CT molecular complexity index is 369. The molecular formula is C12H16F3NO2. The van der Waals surface area contributed by atoms with Crippen molar-refractivity contribution in [1.29, 1.82) is 0 Å². The number of alkyl halides is 3. The summed E-state index contributed by atoms with van der Waals surface area (Å²) in [7, 11) is 0. The third kappa shape index (κ3) is 4.93. The first kappa shape index (κ1) is 14.8. The molecule has 6 heteroatoms. The summed E-state index contributed by atoms with van der Waals surface area (Å²) in [6, 6.07) is 6.76. The number of nitrogens with two attached hydrogens (primary N) is 1. The van der Waals surface area contributed by atoms with Crippen LogP contribution < -0.4 is 10.5 Å². The highest BCUT2D eigenvalue weighted by Crippen LogP contribution is 2.25. The van der Waals surface area contributed by atoms with Crippen molar-refractivity contribution in [3.05, 3.63) is 29.8 Å². The zero-order chi connectivity index (χ0) is 13.6. The highest BCUT2D eigenvalue weighted by molar-refractivity contribution is 5.35. The van der Waals surface area contributed by atoms with Crippen LogP contribution >= 0.6 is 0 Å². The van der Waals surface area contributed by atoms with Crippen LogP contribution in [0.15, 0.2) is 24.3 Å². The van der Waals surface area contributed by atoms with E-state index >= 15 is 0 Å². The second-order valence-electron chi connectivity index (χ2n) is 3.78. The SMILES string of the molecule is CCC(N)c1ccccc1OCOCC(F)(F)F. The van der Waals surface area contributed by atoms with Crippen LogP contribution in [-0.4, -0.2) is 19.6 Å². The molecule has 1 aromatic rings. The molecule has 0 fully saturated rings. The van der Waals surface area contributed by atoms with E-state index in [-0.39, 0.29) is 6.04 Å². The van der Waals surface area contributed by atoms with Gasteiger partial charge in [-0.15, -0.1) is 0 Å². The van der Waals surface area contributed by atoms with Gasteiger partial charge in [0, 0.05) is 11.6 Å². The molecule has 1 atom stereocenters. The van der Waals surface area contributed by atoms with Crippen LogP contribution in [0.1, 0.15) is 24.9 Å². The number of benzene rings is 1. The van der Waals surface area contributed by atoms with Gasteiger partial charge in [-0.1, -0.05) is 25.1 Å². The number of para-hydroxylation sites is 1. The number of rotatable bonds is 6. The molecular weight excluding hydrogens is 247 g/mol. The monoisotopic (exact) mass is 263 g/mol. The van der Waals surface area contributed by atoms with E-state index in [2.05, 4.69) is 4.74 Å². The smallest absolute Gasteiger partial charge is 0.411 e. The van der Waals surface area contributed by atoms with Crippen LogP contribution in [0.2, 0.25) is 0 Å². The van der Waals surface area contributed by atoms with Gasteiger partial charge in [0.15, 0.2) is 6.79 Å². The first-order valence-electron chi connectivity index (χ1n) is 5.56. The van der Waals surface area contributed by atoms with Crippen molar-refractivity contribution < 1.29 is 22.6 Å². The highest BCUT2D eigenvalue weighted by Gasteiger charge is 2.27. The summed E-state index contributed by atoms with van der Waals surface area (Å²) in [5.74, 6) is 0.453. The third-order valence-corrected chi connectivity index (χ3v) is 2.32. The van der Waals surface area contributed by atoms with E-state index in [0.717, 1.165) is 5.56 Å². The average molecular weight is 263 g/mol. The molecule has 0 aromatic heterocycles. The standard InChI is InChI=1S/C12H16F3NO2/c1-2-10(16)9-5-3-4-6-11(9)18-8-17-7-12(13,14)15/h3-6,10H,2,7-8,16H2,1H3. The second-order valence-corrected chi connectivity index (χ2v) is 3.78. The molecule has 0 spiro atoms. The maximum absolute atomic E-state index is 11.8. The van der Waals surface area contributed by atoms with Gasteiger partial charge >= 0.3 is 6.18 Å². The third-order valence-electron chi connectivity index (χ3n) is 2.32. The number of hydrogen-bond acceptors (Lipinski definition) is 3. The van der Waals surface area contributed by atoms with Gasteiger partial charge in [-0.2, -0.15) is 13.2 Å². The molecule has 0 saturated heterocycles. The molecule has 0 aliphatic rings. The molecule has 1 aromatic carbocycles. The van der Waals surface area contributed by atoms with Crippen molar-refractivity contribution in [1.82, 2.24) is 0 Å². The molecule has 0 amide bonds. The Morgan fingerprint density at radius 3 is 2.56 bits per heavy atom. The summed E-state index contributed by atoms with van der Waals surface area (Å²) >= 11 is 0. The molecule has 0 saturated carbocycles. The van der Waals surface area contributed by atoms with E-state index in [4.69, 9.17) is 10.5 Å². The predicted octanol–water partition coefficient (Wildman–Crippen LogP) is 3.01. The van der Waals surface area contributed by atoms with Gasteiger partial charge in [0.2, 0.25) is 0 Å². The molecule has 18 heavy (non-hydrogen) atoms. The normalized spacial score (nSPS) is 13.4. The van der Waals surface area contributed by atoms with Crippen molar-refractivity contribution >= 4 is 0 Å². The minimum absolute atomic E-state index is 0.205. The van der Waals surface area contributed by atoms with Crippen LogP contribution in [0.3, 0.4) is 0 Å². The second kappa shape index (κ2) is 6.61. The van der Waals surface area contributed by atoms with Crippen molar-refractivity contribution in [2.24, 2.45) is 5.73 Å². The molecule has 0 bridgehead atoms. The van der Waals surface area contributed by atoms with Gasteiger partial charge in [0.05, 0.1) is 0 Å². The maximum Gasteiger partial charge on any atom is 0.411 e. The summed E-state index contributed by atoms with van der Waals surface area (Å²) in [6.45, 7) is 0.142. The van der Waals surface area contributed by atoms with E-state index in [1.54, 1.807) is 24.3 Å². The lowest BCUT2D eigenvalue weighted by molar-refractivity contribution is -0.186. The fourth-order valence-corrected chi connectivity index (χ4v) is 1.40. The van der Waals surface area contributed by atoms with E-state index in [9.17, 15) is 13.2 Å². The van der Waals surface area contributed by atoms with Gasteiger partial charge in [0.25, 0.3) is 0 Å². The van der Waals surface area contributed by atoms with E-state index < -0.39 is 19.6 Å². The lowest BCUT2D eigenvalue weighted by atomic mass is 10.0. The molecule has 1 rings (SSSR count). The van der Waals surface area contributed by atoms with E-state index in [1.807, 2.05) is 6.92 Å². The van der Waals surface area contributed by atoms with Gasteiger partial charge < -0.3 is 15.2 Å². The van der Waals surface area contributed by atoms with Crippen LogP contribution in [0.25, 0.3) is 0 Å². The molecule has 0 aliphatic heterocycles. The Morgan fingerprint density at radius 1 is 1.28 bits per heavy atom. The topological polar surface area (TPSA) is 44.5 Å². The Labute approximate surface area is 104 Å². The number of hydrogen-bond donors (Lipinski definition) is 1. The lowest BCUT2D eigenvalue weighted by Gasteiger charge is -2.15. The van der Waals surface area contributed by atoms with Crippen LogP contribution in [-0.2, 0) is 4.74 Å². The molecule has 0 aliphatic carbocycles. The molecule has 0 heterocycles. The minimum atomic E-state index is -4.34. The zero-order valence-corrected chi connectivity index (χ0v) is 10.0. The molecule has 3 nitrogen and oxygen atoms in total. The summed E-state index contributed by atoms with van der Waals surface area (Å²) in [4.78, 5) is 0. The Kier molecular flexibility index (Phi) is 5.43. The predicted molar refractivity (Wildman–Crippen MR) is 61.2 cm³/mol. The number of halogens is 3. The van der Waals surface area contributed by atoms with Crippen molar-refractivity contribution in [3.8, 4) is 5.75 Å². The highest BCUT2D eigenvalue weighted by atomic mass is 19.4. The molecule has 1 unspecified atom stereocenters. The van der Waals surface area contributed by atoms with Gasteiger partial charge in [0.1, 0.15) is 12.4 Å². The minimum Gasteiger partial charge on any atom is -0.467 e. The fraction of sp³-hybridized carbons (Fsp3) is 0.500. The summed E-state index contributed by atoms with van der Waals surface area (Å²) in [6.07, 6.45) is -3.63. The number of ether oxygens (including phenoxy) is 2. The quantitative estimate of drug-likeness (QED) is 0.634. The first-order chi connectivity index (χ1) is 8.44.